The zero-order chi connectivity index (χ0) is 22.3. The molecule has 162 valence electrons. The fraction of sp³-hybridized carbons (Fsp3) is 0.143. The van der Waals surface area contributed by atoms with Gasteiger partial charge in [-0.25, -0.2) is 13.8 Å². The van der Waals surface area contributed by atoms with Crippen molar-refractivity contribution in [3.8, 4) is 11.5 Å². The van der Waals surface area contributed by atoms with Gasteiger partial charge in [-0.15, -0.1) is 11.3 Å². The maximum Gasteiger partial charge on any atom is 0.273 e. The van der Waals surface area contributed by atoms with Gasteiger partial charge in [0.15, 0.2) is 11.5 Å². The molecule has 0 radical (unpaired) electrons. The van der Waals surface area contributed by atoms with Crippen molar-refractivity contribution >= 4 is 39.2 Å². The molecule has 1 aromatic heterocycles. The molecule has 2 N–H and O–H groups in total. The lowest BCUT2D eigenvalue weighted by molar-refractivity contribution is 0.0956. The van der Waals surface area contributed by atoms with E-state index in [9.17, 15) is 13.2 Å². The van der Waals surface area contributed by atoms with Crippen molar-refractivity contribution in [1.29, 1.82) is 0 Å². The number of rotatable bonds is 9. The summed E-state index contributed by atoms with van der Waals surface area (Å²) in [4.78, 5) is 12.6. The second kappa shape index (κ2) is 10.1. The highest BCUT2D eigenvalue weighted by Crippen LogP contribution is 2.27. The number of hydrazone groups is 1. The summed E-state index contributed by atoms with van der Waals surface area (Å²) in [6.45, 7) is 2.39. The summed E-state index contributed by atoms with van der Waals surface area (Å²) < 4.78 is 38.3. The van der Waals surface area contributed by atoms with E-state index in [-0.39, 0.29) is 15.5 Å². The normalized spacial score (nSPS) is 11.3. The molecule has 0 aliphatic heterocycles. The molecule has 3 rings (SSSR count). The fourth-order valence-corrected chi connectivity index (χ4v) is 4.72. The first-order chi connectivity index (χ1) is 14.9. The molecule has 0 saturated heterocycles. The Bertz CT molecular complexity index is 1180. The van der Waals surface area contributed by atoms with Crippen molar-refractivity contribution in [3.05, 3.63) is 71.1 Å². The minimum Gasteiger partial charge on any atom is -0.493 e. The molecule has 0 fully saturated rings. The van der Waals surface area contributed by atoms with Gasteiger partial charge < -0.3 is 9.47 Å². The number of nitrogens with one attached hydrogen (secondary N) is 2. The fourth-order valence-electron chi connectivity index (χ4n) is 2.65. The number of para-hydroxylation sites is 1. The van der Waals surface area contributed by atoms with Crippen LogP contribution in [0.1, 0.15) is 22.8 Å². The number of carbonyl (C=O) groups is 1. The molecule has 8 nitrogen and oxygen atoms in total. The number of thiophene rings is 1. The van der Waals surface area contributed by atoms with Crippen molar-refractivity contribution < 1.29 is 22.7 Å². The number of hydrogen-bond donors (Lipinski definition) is 2. The molecule has 10 heteroatoms. The summed E-state index contributed by atoms with van der Waals surface area (Å²) in [6.07, 6.45) is 1.45. The van der Waals surface area contributed by atoms with Crippen molar-refractivity contribution in [1.82, 2.24) is 5.43 Å². The maximum absolute atomic E-state index is 12.6. The summed E-state index contributed by atoms with van der Waals surface area (Å²) in [7, 11) is -2.25. The van der Waals surface area contributed by atoms with Gasteiger partial charge in [0.05, 0.1) is 31.2 Å². The van der Waals surface area contributed by atoms with E-state index in [1.807, 2.05) is 6.92 Å². The lowest BCUT2D eigenvalue weighted by Gasteiger charge is -2.11. The van der Waals surface area contributed by atoms with E-state index < -0.39 is 15.9 Å². The Balaban J connectivity index is 1.73. The second-order valence-corrected chi connectivity index (χ2v) is 8.98. The lowest BCUT2D eigenvalue weighted by Crippen LogP contribution is -2.21. The summed E-state index contributed by atoms with van der Waals surface area (Å²) in [6, 6.07) is 14.7. The highest BCUT2D eigenvalue weighted by atomic mass is 32.2. The molecule has 2 aromatic carbocycles. The lowest BCUT2D eigenvalue weighted by atomic mass is 10.2. The first-order valence-electron chi connectivity index (χ1n) is 9.24. The van der Waals surface area contributed by atoms with Crippen LogP contribution in [0.5, 0.6) is 11.5 Å². The van der Waals surface area contributed by atoms with Gasteiger partial charge in [-0.2, -0.15) is 5.10 Å². The molecule has 0 unspecified atom stereocenters. The van der Waals surface area contributed by atoms with Crippen LogP contribution in [0, 0.1) is 0 Å². The molecule has 3 aromatic rings. The number of benzene rings is 2. The number of nitrogens with zero attached hydrogens (tertiary/aromatic N) is 1. The van der Waals surface area contributed by atoms with E-state index in [0.29, 0.717) is 23.7 Å². The van der Waals surface area contributed by atoms with E-state index in [1.165, 1.54) is 31.5 Å². The number of hydrogen-bond acceptors (Lipinski definition) is 7. The van der Waals surface area contributed by atoms with Crippen molar-refractivity contribution in [2.75, 3.05) is 18.4 Å². The predicted molar refractivity (Wildman–Crippen MR) is 121 cm³/mol. The Kier molecular flexibility index (Phi) is 7.27. The highest BCUT2D eigenvalue weighted by Gasteiger charge is 2.19. The molecule has 1 heterocycles. The molecule has 1 amide bonds. The number of amides is 1. The van der Waals surface area contributed by atoms with Crippen LogP contribution in [-0.4, -0.2) is 34.3 Å². The number of methoxy groups -OCH3 is 1. The second-order valence-electron chi connectivity index (χ2n) is 6.13. The molecule has 31 heavy (non-hydrogen) atoms. The van der Waals surface area contributed by atoms with Crippen LogP contribution in [0.2, 0.25) is 0 Å². The Morgan fingerprint density at radius 1 is 1.13 bits per heavy atom. The van der Waals surface area contributed by atoms with Gasteiger partial charge in [0, 0.05) is 0 Å². The van der Waals surface area contributed by atoms with Crippen LogP contribution in [0.3, 0.4) is 0 Å². The van der Waals surface area contributed by atoms with Gasteiger partial charge in [-0.3, -0.25) is 9.52 Å². The summed E-state index contributed by atoms with van der Waals surface area (Å²) >= 11 is 1.09. The zero-order valence-corrected chi connectivity index (χ0v) is 18.5. The van der Waals surface area contributed by atoms with Crippen LogP contribution >= 0.6 is 11.3 Å². The van der Waals surface area contributed by atoms with Crippen LogP contribution in [0.15, 0.2) is 69.3 Å². The highest BCUT2D eigenvalue weighted by molar-refractivity contribution is 7.94. The van der Waals surface area contributed by atoms with Gasteiger partial charge in [0.2, 0.25) is 0 Å². The van der Waals surface area contributed by atoms with Crippen LogP contribution in [-0.2, 0) is 10.0 Å². The minimum absolute atomic E-state index is 0.143. The summed E-state index contributed by atoms with van der Waals surface area (Å²) in [5.74, 6) is 0.599. The van der Waals surface area contributed by atoms with Crippen LogP contribution < -0.4 is 19.6 Å². The van der Waals surface area contributed by atoms with Crippen molar-refractivity contribution in [3.63, 3.8) is 0 Å². The molecule has 0 aliphatic rings. The smallest absolute Gasteiger partial charge is 0.273 e. The first kappa shape index (κ1) is 22.3. The monoisotopic (exact) mass is 459 g/mol. The third-order valence-corrected chi connectivity index (χ3v) is 6.81. The third-order valence-electron chi connectivity index (χ3n) is 4.04. The molecule has 0 spiro atoms. The number of ether oxygens (including phenoxy) is 2. The molecule has 0 aliphatic carbocycles. The van der Waals surface area contributed by atoms with Gasteiger partial charge >= 0.3 is 0 Å². The van der Waals surface area contributed by atoms with Gasteiger partial charge in [0.1, 0.15) is 4.21 Å². The van der Waals surface area contributed by atoms with Crippen molar-refractivity contribution in [2.45, 2.75) is 11.1 Å². The third kappa shape index (κ3) is 5.62. The van der Waals surface area contributed by atoms with Gasteiger partial charge in [-0.05, 0) is 54.3 Å². The van der Waals surface area contributed by atoms with E-state index >= 15 is 0 Å². The van der Waals surface area contributed by atoms with E-state index in [4.69, 9.17) is 9.47 Å². The van der Waals surface area contributed by atoms with Gasteiger partial charge in [-0.1, -0.05) is 18.2 Å². The minimum atomic E-state index is -3.78. The predicted octanol–water partition coefficient (Wildman–Crippen LogP) is 3.72. The Morgan fingerprint density at radius 2 is 1.94 bits per heavy atom. The molecular weight excluding hydrogens is 438 g/mol. The van der Waals surface area contributed by atoms with Crippen LogP contribution in [0.4, 0.5) is 5.69 Å². The first-order valence-corrected chi connectivity index (χ1v) is 11.6. The topological polar surface area (TPSA) is 106 Å². The molecule has 0 atom stereocenters. The standard InChI is InChI=1S/C21H21N3O5S2/c1-3-29-18-11-10-15(13-19(18)28-2)14-22-23-21(25)16-7-4-5-8-17(16)24-31(26,27)20-9-6-12-30-20/h4-14,24H,3H2,1-2H3,(H,23,25)/b22-14-. The van der Waals surface area contributed by atoms with E-state index in [0.717, 1.165) is 11.3 Å². The maximum atomic E-state index is 12.6. The Hall–Kier alpha value is -3.37. The number of anilines is 1. The van der Waals surface area contributed by atoms with Crippen LogP contribution in [0.25, 0.3) is 0 Å². The molecule has 0 saturated carbocycles. The summed E-state index contributed by atoms with van der Waals surface area (Å²) in [5.41, 5.74) is 3.40. The summed E-state index contributed by atoms with van der Waals surface area (Å²) in [5, 5.41) is 5.62. The molecular formula is C21H21N3O5S2. The SMILES string of the molecule is CCOc1ccc(/C=N\NC(=O)c2ccccc2NS(=O)(=O)c2cccs2)cc1OC. The zero-order valence-electron chi connectivity index (χ0n) is 16.9. The Morgan fingerprint density at radius 3 is 2.65 bits per heavy atom. The largest absolute Gasteiger partial charge is 0.493 e. The number of carbonyl (C=O) groups excluding carboxylic acids is 1. The quantitative estimate of drug-likeness (QED) is 0.375. The molecule has 0 bridgehead atoms. The average Bonchev–Trinajstić information content (AvgIpc) is 3.31. The van der Waals surface area contributed by atoms with E-state index in [2.05, 4.69) is 15.2 Å². The average molecular weight is 460 g/mol. The van der Waals surface area contributed by atoms with Crippen molar-refractivity contribution in [2.24, 2.45) is 5.10 Å². The van der Waals surface area contributed by atoms with E-state index in [1.54, 1.807) is 41.8 Å². The number of sulfonamides is 1. The van der Waals surface area contributed by atoms with Gasteiger partial charge in [0.25, 0.3) is 15.9 Å². The Labute approximate surface area is 184 Å².